The fraction of sp³-hybridized carbons (Fsp3) is 0.625. The number of aromatic nitrogens is 1. The maximum absolute atomic E-state index is 12.5. The molecule has 0 unspecified atom stereocenters. The van der Waals surface area contributed by atoms with Gasteiger partial charge < -0.3 is 0 Å². The molecule has 0 bridgehead atoms. The summed E-state index contributed by atoms with van der Waals surface area (Å²) in [6.07, 6.45) is 10.2. The Morgan fingerprint density at radius 1 is 1.15 bits per heavy atom. The second-order valence-corrected chi connectivity index (χ2v) is 5.91. The quantitative estimate of drug-likeness (QED) is 0.921. The fourth-order valence-corrected chi connectivity index (χ4v) is 3.38. The summed E-state index contributed by atoms with van der Waals surface area (Å²) in [7, 11) is 0. The molecular formula is C16H23N3O. The van der Waals surface area contributed by atoms with E-state index in [9.17, 15) is 4.79 Å². The normalized spacial score (nSPS) is 21.0. The van der Waals surface area contributed by atoms with E-state index in [1.165, 1.54) is 32.1 Å². The standard InChI is InChI=1S/C16H23N3O/c20-16(18-19-11-4-1-5-12-19)15-14(9-6-10-17-15)13-7-2-3-8-13/h6,9-10,13H,1-5,7-8,11-12H2,(H,18,20). The molecule has 3 rings (SSSR count). The van der Waals surface area contributed by atoms with Crippen molar-refractivity contribution >= 4 is 5.91 Å². The second kappa shape index (κ2) is 6.35. The van der Waals surface area contributed by atoms with E-state index in [1.807, 2.05) is 11.1 Å². The van der Waals surface area contributed by atoms with Crippen molar-refractivity contribution < 1.29 is 4.79 Å². The minimum absolute atomic E-state index is 0.0330. The van der Waals surface area contributed by atoms with Crippen LogP contribution in [0.4, 0.5) is 0 Å². The topological polar surface area (TPSA) is 45.2 Å². The Bertz CT molecular complexity index is 463. The Balaban J connectivity index is 1.73. The maximum Gasteiger partial charge on any atom is 0.284 e. The molecule has 1 aromatic rings. The molecule has 1 saturated carbocycles. The first-order valence-corrected chi connectivity index (χ1v) is 7.85. The second-order valence-electron chi connectivity index (χ2n) is 5.91. The maximum atomic E-state index is 12.5. The summed E-state index contributed by atoms with van der Waals surface area (Å²) in [5, 5.41) is 2.04. The summed E-state index contributed by atoms with van der Waals surface area (Å²) in [5.74, 6) is 0.486. The van der Waals surface area contributed by atoms with Crippen molar-refractivity contribution in [2.75, 3.05) is 13.1 Å². The molecule has 4 nitrogen and oxygen atoms in total. The number of amides is 1. The van der Waals surface area contributed by atoms with E-state index >= 15 is 0 Å². The fourth-order valence-electron chi connectivity index (χ4n) is 3.38. The Hall–Kier alpha value is -1.42. The van der Waals surface area contributed by atoms with Crippen LogP contribution in [0.15, 0.2) is 18.3 Å². The molecule has 0 atom stereocenters. The smallest absolute Gasteiger partial charge is 0.283 e. The monoisotopic (exact) mass is 273 g/mol. The number of hydrazine groups is 1. The van der Waals surface area contributed by atoms with Crippen LogP contribution < -0.4 is 5.43 Å². The molecule has 1 aliphatic heterocycles. The van der Waals surface area contributed by atoms with Crippen LogP contribution in [0.2, 0.25) is 0 Å². The Morgan fingerprint density at radius 3 is 2.65 bits per heavy atom. The van der Waals surface area contributed by atoms with Crippen LogP contribution in [-0.4, -0.2) is 29.0 Å². The highest BCUT2D eigenvalue weighted by Gasteiger charge is 2.24. The molecule has 1 aromatic heterocycles. The summed E-state index contributed by atoms with van der Waals surface area (Å²) in [6.45, 7) is 1.91. The van der Waals surface area contributed by atoms with E-state index in [0.717, 1.165) is 31.5 Å². The number of piperidine rings is 1. The van der Waals surface area contributed by atoms with Gasteiger partial charge in [-0.1, -0.05) is 25.3 Å². The van der Waals surface area contributed by atoms with Gasteiger partial charge in [-0.3, -0.25) is 15.2 Å². The lowest BCUT2D eigenvalue weighted by molar-refractivity contribution is 0.0743. The molecule has 1 saturated heterocycles. The van der Waals surface area contributed by atoms with Crippen LogP contribution in [0.5, 0.6) is 0 Å². The number of nitrogens with one attached hydrogen (secondary N) is 1. The lowest BCUT2D eigenvalue weighted by Gasteiger charge is -2.27. The zero-order valence-corrected chi connectivity index (χ0v) is 12.0. The average Bonchev–Trinajstić information content (AvgIpc) is 3.02. The van der Waals surface area contributed by atoms with E-state index < -0.39 is 0 Å². The van der Waals surface area contributed by atoms with Crippen molar-refractivity contribution in [3.05, 3.63) is 29.6 Å². The van der Waals surface area contributed by atoms with E-state index in [-0.39, 0.29) is 5.91 Å². The van der Waals surface area contributed by atoms with Gasteiger partial charge in [-0.05, 0) is 43.2 Å². The SMILES string of the molecule is O=C(NN1CCCCC1)c1ncccc1C1CCCC1. The molecule has 1 amide bonds. The molecule has 1 aliphatic carbocycles. The summed E-state index contributed by atoms with van der Waals surface area (Å²) in [4.78, 5) is 16.8. The number of carbonyl (C=O) groups is 1. The van der Waals surface area contributed by atoms with Crippen LogP contribution in [-0.2, 0) is 0 Å². The number of pyridine rings is 1. The number of carbonyl (C=O) groups excluding carboxylic acids is 1. The van der Waals surface area contributed by atoms with Gasteiger partial charge in [0, 0.05) is 19.3 Å². The molecule has 0 aromatic carbocycles. The van der Waals surface area contributed by atoms with Crippen LogP contribution in [0, 0.1) is 0 Å². The molecule has 20 heavy (non-hydrogen) atoms. The van der Waals surface area contributed by atoms with Gasteiger partial charge in [0.05, 0.1) is 0 Å². The van der Waals surface area contributed by atoms with Crippen molar-refractivity contribution in [3.63, 3.8) is 0 Å². The number of nitrogens with zero attached hydrogens (tertiary/aromatic N) is 2. The van der Waals surface area contributed by atoms with Gasteiger partial charge in [0.25, 0.3) is 5.91 Å². The van der Waals surface area contributed by atoms with Crippen molar-refractivity contribution in [2.45, 2.75) is 50.9 Å². The lowest BCUT2D eigenvalue weighted by Crippen LogP contribution is -2.45. The van der Waals surface area contributed by atoms with Gasteiger partial charge in [-0.2, -0.15) is 0 Å². The van der Waals surface area contributed by atoms with E-state index in [1.54, 1.807) is 6.20 Å². The first-order valence-electron chi connectivity index (χ1n) is 7.85. The Morgan fingerprint density at radius 2 is 1.90 bits per heavy atom. The van der Waals surface area contributed by atoms with Crippen molar-refractivity contribution in [1.82, 2.24) is 15.4 Å². The largest absolute Gasteiger partial charge is 0.284 e. The van der Waals surface area contributed by atoms with Gasteiger partial charge >= 0.3 is 0 Å². The third-order valence-electron chi connectivity index (χ3n) is 4.46. The molecule has 108 valence electrons. The number of rotatable bonds is 3. The molecule has 2 heterocycles. The highest BCUT2D eigenvalue weighted by molar-refractivity contribution is 5.93. The zero-order valence-electron chi connectivity index (χ0n) is 12.0. The van der Waals surface area contributed by atoms with E-state index in [2.05, 4.69) is 16.5 Å². The van der Waals surface area contributed by atoms with Crippen molar-refractivity contribution in [3.8, 4) is 0 Å². The van der Waals surface area contributed by atoms with Gasteiger partial charge in [0.15, 0.2) is 0 Å². The molecular weight excluding hydrogens is 250 g/mol. The highest BCUT2D eigenvalue weighted by Crippen LogP contribution is 2.35. The summed E-state index contributed by atoms with van der Waals surface area (Å²) >= 11 is 0. The molecule has 4 heteroatoms. The van der Waals surface area contributed by atoms with Crippen LogP contribution in [0.25, 0.3) is 0 Å². The molecule has 2 fully saturated rings. The Labute approximate surface area is 120 Å². The van der Waals surface area contributed by atoms with Crippen molar-refractivity contribution in [1.29, 1.82) is 0 Å². The number of hydrogen-bond donors (Lipinski definition) is 1. The van der Waals surface area contributed by atoms with Gasteiger partial charge in [-0.15, -0.1) is 0 Å². The first kappa shape index (κ1) is 13.6. The van der Waals surface area contributed by atoms with E-state index in [4.69, 9.17) is 0 Å². The van der Waals surface area contributed by atoms with Crippen molar-refractivity contribution in [2.24, 2.45) is 0 Å². The zero-order chi connectivity index (χ0) is 13.8. The molecule has 0 radical (unpaired) electrons. The predicted molar refractivity (Wildman–Crippen MR) is 78.3 cm³/mol. The summed E-state index contributed by atoms with van der Waals surface area (Å²) < 4.78 is 0. The molecule has 1 N–H and O–H groups in total. The highest BCUT2D eigenvalue weighted by atomic mass is 16.2. The first-order chi connectivity index (χ1) is 9.84. The Kier molecular flexibility index (Phi) is 4.31. The van der Waals surface area contributed by atoms with Crippen LogP contribution >= 0.6 is 0 Å². The van der Waals surface area contributed by atoms with Crippen LogP contribution in [0.1, 0.15) is 66.9 Å². The minimum atomic E-state index is -0.0330. The van der Waals surface area contributed by atoms with Gasteiger partial charge in [0.1, 0.15) is 5.69 Å². The lowest BCUT2D eigenvalue weighted by atomic mass is 9.96. The molecule has 2 aliphatic rings. The third-order valence-corrected chi connectivity index (χ3v) is 4.46. The summed E-state index contributed by atoms with van der Waals surface area (Å²) in [5.41, 5.74) is 4.80. The number of hydrogen-bond acceptors (Lipinski definition) is 3. The molecule has 0 spiro atoms. The average molecular weight is 273 g/mol. The van der Waals surface area contributed by atoms with Gasteiger partial charge in [-0.25, -0.2) is 5.01 Å². The van der Waals surface area contributed by atoms with Gasteiger partial charge in [0.2, 0.25) is 0 Å². The van der Waals surface area contributed by atoms with E-state index in [0.29, 0.717) is 11.6 Å². The summed E-state index contributed by atoms with van der Waals surface area (Å²) in [6, 6.07) is 4.03. The third kappa shape index (κ3) is 3.01. The predicted octanol–water partition coefficient (Wildman–Crippen LogP) is 2.87. The van der Waals surface area contributed by atoms with Crippen LogP contribution in [0.3, 0.4) is 0 Å². The minimum Gasteiger partial charge on any atom is -0.283 e.